The van der Waals surface area contributed by atoms with Crippen LogP contribution in [0.1, 0.15) is 13.8 Å². The molecule has 1 saturated heterocycles. The van der Waals surface area contributed by atoms with E-state index in [1.807, 2.05) is 0 Å². The highest BCUT2D eigenvalue weighted by atomic mass is 16.6. The summed E-state index contributed by atoms with van der Waals surface area (Å²) >= 11 is 0. The van der Waals surface area contributed by atoms with Crippen LogP contribution in [-0.2, 0) is 11.4 Å². The Hall–Kier alpha value is -2.32. The summed E-state index contributed by atoms with van der Waals surface area (Å²) in [5.74, 6) is 0.489. The number of hydrogen-bond acceptors (Lipinski definition) is 6. The van der Waals surface area contributed by atoms with Gasteiger partial charge in [-0.1, -0.05) is 12.1 Å². The van der Waals surface area contributed by atoms with E-state index in [0.717, 1.165) is 6.54 Å². The fourth-order valence-electron chi connectivity index (χ4n) is 2.61. The highest BCUT2D eigenvalue weighted by Crippen LogP contribution is 2.21. The predicted molar refractivity (Wildman–Crippen MR) is 83.7 cm³/mol. The molecule has 1 aliphatic heterocycles. The predicted octanol–water partition coefficient (Wildman–Crippen LogP) is 1.92. The van der Waals surface area contributed by atoms with Crippen LogP contribution in [0, 0.1) is 10.1 Å². The summed E-state index contributed by atoms with van der Waals surface area (Å²) in [7, 11) is 0. The van der Waals surface area contributed by atoms with Gasteiger partial charge in [0.05, 0.1) is 24.3 Å². The molecule has 122 valence electrons. The maximum absolute atomic E-state index is 10.9. The summed E-state index contributed by atoms with van der Waals surface area (Å²) in [6.07, 6.45) is 1.85. The minimum atomic E-state index is -0.419. The first-order valence-electron chi connectivity index (χ1n) is 7.53. The lowest BCUT2D eigenvalue weighted by Crippen LogP contribution is -2.47. The fraction of sp³-hybridized carbons (Fsp3) is 0.467. The topological polar surface area (TPSA) is 86.3 Å². The van der Waals surface area contributed by atoms with Crippen molar-refractivity contribution in [2.24, 2.45) is 0 Å². The Morgan fingerprint density at radius 1 is 1.43 bits per heavy atom. The molecule has 2 aromatic rings. The zero-order valence-corrected chi connectivity index (χ0v) is 13.1. The largest absolute Gasteiger partial charge is 0.376 e. The molecule has 0 radical (unpaired) electrons. The van der Waals surface area contributed by atoms with E-state index in [1.165, 1.54) is 12.1 Å². The molecule has 8 nitrogen and oxygen atoms in total. The number of hydrogen-bond donors (Lipinski definition) is 0. The van der Waals surface area contributed by atoms with E-state index in [9.17, 15) is 10.1 Å². The van der Waals surface area contributed by atoms with Gasteiger partial charge in [-0.15, -0.1) is 5.10 Å². The highest BCUT2D eigenvalue weighted by Gasteiger charge is 2.23. The zero-order chi connectivity index (χ0) is 16.4. The van der Waals surface area contributed by atoms with E-state index in [4.69, 9.17) is 4.74 Å². The van der Waals surface area contributed by atoms with Crippen LogP contribution in [0.25, 0.3) is 11.4 Å². The average molecular weight is 317 g/mol. The number of morpholine rings is 1. The van der Waals surface area contributed by atoms with Gasteiger partial charge in [0.1, 0.15) is 6.33 Å². The van der Waals surface area contributed by atoms with Gasteiger partial charge in [0.2, 0.25) is 0 Å². The van der Waals surface area contributed by atoms with E-state index in [1.54, 1.807) is 23.1 Å². The van der Waals surface area contributed by atoms with Crippen LogP contribution < -0.4 is 0 Å². The highest BCUT2D eigenvalue weighted by molar-refractivity contribution is 5.58. The van der Waals surface area contributed by atoms with Crippen molar-refractivity contribution in [3.8, 4) is 11.4 Å². The number of non-ortho nitro benzene ring substituents is 1. The minimum Gasteiger partial charge on any atom is -0.376 e. The number of ether oxygens (including phenoxy) is 1. The number of nitro benzene ring substituents is 1. The van der Waals surface area contributed by atoms with Gasteiger partial charge in [0, 0.05) is 30.3 Å². The third kappa shape index (κ3) is 3.54. The summed E-state index contributed by atoms with van der Waals surface area (Å²) in [5, 5.41) is 15.3. The maximum atomic E-state index is 10.9. The monoisotopic (exact) mass is 317 g/mol. The van der Waals surface area contributed by atoms with Crippen LogP contribution in [-0.4, -0.2) is 49.9 Å². The molecule has 0 spiro atoms. The van der Waals surface area contributed by atoms with Crippen LogP contribution >= 0.6 is 0 Å². The lowest BCUT2D eigenvalue weighted by Gasteiger charge is -2.36. The molecule has 3 rings (SSSR count). The first kappa shape index (κ1) is 15.6. The van der Waals surface area contributed by atoms with Crippen molar-refractivity contribution in [2.45, 2.75) is 32.7 Å². The molecule has 23 heavy (non-hydrogen) atoms. The number of aromatic nitrogens is 3. The molecule has 0 amide bonds. The third-order valence-electron chi connectivity index (χ3n) is 3.92. The van der Waals surface area contributed by atoms with E-state index >= 15 is 0 Å². The number of nitrogens with zero attached hydrogens (tertiary/aromatic N) is 5. The Kier molecular flexibility index (Phi) is 4.35. The van der Waals surface area contributed by atoms with Crippen molar-refractivity contribution in [1.29, 1.82) is 0 Å². The Morgan fingerprint density at radius 3 is 3.04 bits per heavy atom. The van der Waals surface area contributed by atoms with E-state index in [-0.39, 0.29) is 11.8 Å². The van der Waals surface area contributed by atoms with Crippen LogP contribution in [0.4, 0.5) is 5.69 Å². The standard InChI is InChI=1S/C15H19N5O3/c1-11-8-23-12(2)7-18(11)10-19-9-16-15(17-19)13-4-3-5-14(6-13)20(21)22/h3-6,9,11-12H,7-8,10H2,1-2H3. The summed E-state index contributed by atoms with van der Waals surface area (Å²) in [6.45, 7) is 6.33. The maximum Gasteiger partial charge on any atom is 0.270 e. The van der Waals surface area contributed by atoms with Gasteiger partial charge >= 0.3 is 0 Å². The second-order valence-electron chi connectivity index (χ2n) is 5.82. The van der Waals surface area contributed by atoms with Crippen LogP contribution in [0.2, 0.25) is 0 Å². The summed E-state index contributed by atoms with van der Waals surface area (Å²) in [5.41, 5.74) is 0.677. The molecule has 0 aliphatic carbocycles. The van der Waals surface area contributed by atoms with Gasteiger partial charge in [-0.25, -0.2) is 9.67 Å². The fourth-order valence-corrected chi connectivity index (χ4v) is 2.61. The smallest absolute Gasteiger partial charge is 0.270 e. The molecule has 8 heteroatoms. The van der Waals surface area contributed by atoms with Crippen molar-refractivity contribution < 1.29 is 9.66 Å². The Labute approximate surface area is 133 Å². The molecule has 2 atom stereocenters. The SMILES string of the molecule is CC1CN(Cn2cnc(-c3cccc([N+](=O)[O-])c3)n2)C(C)CO1. The van der Waals surface area contributed by atoms with Crippen molar-refractivity contribution in [3.05, 3.63) is 40.7 Å². The lowest BCUT2D eigenvalue weighted by atomic mass is 10.2. The molecule has 0 N–H and O–H groups in total. The molecule has 1 aliphatic rings. The third-order valence-corrected chi connectivity index (χ3v) is 3.92. The normalized spacial score (nSPS) is 22.2. The van der Waals surface area contributed by atoms with Gasteiger partial charge in [-0.2, -0.15) is 0 Å². The van der Waals surface area contributed by atoms with Gasteiger partial charge in [-0.3, -0.25) is 15.0 Å². The van der Waals surface area contributed by atoms with E-state index < -0.39 is 4.92 Å². The first-order valence-corrected chi connectivity index (χ1v) is 7.53. The number of nitro groups is 1. The Balaban J connectivity index is 1.75. The van der Waals surface area contributed by atoms with Crippen LogP contribution in [0.3, 0.4) is 0 Å². The molecule has 0 bridgehead atoms. The van der Waals surface area contributed by atoms with Crippen molar-refractivity contribution in [2.75, 3.05) is 13.2 Å². The quantitative estimate of drug-likeness (QED) is 0.632. The Morgan fingerprint density at radius 2 is 2.26 bits per heavy atom. The van der Waals surface area contributed by atoms with Crippen LogP contribution in [0.5, 0.6) is 0 Å². The lowest BCUT2D eigenvalue weighted by molar-refractivity contribution is -0.384. The summed E-state index contributed by atoms with van der Waals surface area (Å²) in [6, 6.07) is 6.67. The molecule has 2 heterocycles. The minimum absolute atomic E-state index is 0.0366. The molecule has 1 aromatic heterocycles. The molecular formula is C15H19N5O3. The summed E-state index contributed by atoms with van der Waals surface area (Å²) in [4.78, 5) is 17.0. The van der Waals surface area contributed by atoms with Gasteiger partial charge < -0.3 is 4.74 Å². The van der Waals surface area contributed by atoms with Gasteiger partial charge in [0.15, 0.2) is 5.82 Å². The van der Waals surface area contributed by atoms with Crippen LogP contribution in [0.15, 0.2) is 30.6 Å². The van der Waals surface area contributed by atoms with E-state index in [2.05, 4.69) is 28.8 Å². The first-order chi connectivity index (χ1) is 11.0. The number of benzene rings is 1. The van der Waals surface area contributed by atoms with E-state index in [0.29, 0.717) is 30.7 Å². The van der Waals surface area contributed by atoms with Crippen molar-refractivity contribution in [3.63, 3.8) is 0 Å². The molecule has 1 aromatic carbocycles. The molecular weight excluding hydrogens is 298 g/mol. The summed E-state index contributed by atoms with van der Waals surface area (Å²) < 4.78 is 7.37. The van der Waals surface area contributed by atoms with Crippen molar-refractivity contribution >= 4 is 5.69 Å². The van der Waals surface area contributed by atoms with Gasteiger partial charge in [0.25, 0.3) is 5.69 Å². The Bertz CT molecular complexity index is 702. The molecule has 2 unspecified atom stereocenters. The second kappa shape index (κ2) is 6.43. The zero-order valence-electron chi connectivity index (χ0n) is 13.1. The number of rotatable bonds is 4. The molecule has 0 saturated carbocycles. The molecule has 1 fully saturated rings. The average Bonchev–Trinajstić information content (AvgIpc) is 3.00. The van der Waals surface area contributed by atoms with Crippen molar-refractivity contribution in [1.82, 2.24) is 19.7 Å². The second-order valence-corrected chi connectivity index (χ2v) is 5.82. The van der Waals surface area contributed by atoms with Gasteiger partial charge in [-0.05, 0) is 13.8 Å².